The van der Waals surface area contributed by atoms with E-state index in [9.17, 15) is 4.79 Å². The quantitative estimate of drug-likeness (QED) is 0.891. The van der Waals surface area contributed by atoms with E-state index in [2.05, 4.69) is 20.9 Å². The van der Waals surface area contributed by atoms with Crippen molar-refractivity contribution in [3.8, 4) is 9.88 Å². The summed E-state index contributed by atoms with van der Waals surface area (Å²) < 4.78 is 1.02. The number of thiazole rings is 1. The first-order valence-corrected chi connectivity index (χ1v) is 6.67. The van der Waals surface area contributed by atoms with Crippen LogP contribution in [0.1, 0.15) is 16.1 Å². The normalized spacial score (nSPS) is 10.6. The van der Waals surface area contributed by atoms with Gasteiger partial charge in [-0.3, -0.25) is 0 Å². The van der Waals surface area contributed by atoms with Gasteiger partial charge in [0.15, 0.2) is 5.69 Å². The number of carboxylic acids is 1. The Morgan fingerprint density at radius 3 is 2.69 bits per heavy atom. The zero-order valence-corrected chi connectivity index (χ0v) is 11.4. The lowest BCUT2D eigenvalue weighted by Gasteiger charge is -1.86. The van der Waals surface area contributed by atoms with Crippen molar-refractivity contribution in [1.29, 1.82) is 0 Å². The first-order chi connectivity index (χ1) is 7.49. The molecule has 0 spiro atoms. The summed E-state index contributed by atoms with van der Waals surface area (Å²) in [7, 11) is 0. The molecular formula is C9H7BrN2O2S2. The van der Waals surface area contributed by atoms with E-state index < -0.39 is 5.97 Å². The summed E-state index contributed by atoms with van der Waals surface area (Å²) in [6, 6.07) is 1.96. The first kappa shape index (κ1) is 11.6. The Morgan fingerprint density at radius 1 is 1.56 bits per heavy atom. The molecule has 84 valence electrons. The standard InChI is InChI=1S/C9H7BrN2O2S2/c1-3-2-4(15-6(3)10)8-12-5(9(13)14)7(11)16-8/h2H,11H2,1H3,(H,13,14). The average Bonchev–Trinajstić information content (AvgIpc) is 2.71. The maximum atomic E-state index is 10.8. The Kier molecular flexibility index (Phi) is 3.00. The van der Waals surface area contributed by atoms with Gasteiger partial charge in [0.2, 0.25) is 0 Å². The number of nitrogen functional groups attached to an aromatic ring is 1. The molecule has 0 atom stereocenters. The van der Waals surface area contributed by atoms with Crippen LogP contribution >= 0.6 is 38.6 Å². The maximum absolute atomic E-state index is 10.8. The van der Waals surface area contributed by atoms with Gasteiger partial charge in [0.1, 0.15) is 10.0 Å². The summed E-state index contributed by atoms with van der Waals surface area (Å²) in [5.74, 6) is -1.09. The van der Waals surface area contributed by atoms with Crippen LogP contribution < -0.4 is 5.73 Å². The lowest BCUT2D eigenvalue weighted by molar-refractivity contribution is 0.0692. The minimum absolute atomic E-state index is 0.0674. The van der Waals surface area contributed by atoms with Crippen LogP contribution in [-0.2, 0) is 0 Å². The van der Waals surface area contributed by atoms with E-state index in [0.29, 0.717) is 5.01 Å². The molecule has 4 nitrogen and oxygen atoms in total. The molecule has 3 N–H and O–H groups in total. The van der Waals surface area contributed by atoms with Crippen LogP contribution in [0.25, 0.3) is 9.88 Å². The molecule has 0 unspecified atom stereocenters. The van der Waals surface area contributed by atoms with E-state index in [1.807, 2.05) is 13.0 Å². The van der Waals surface area contributed by atoms with E-state index in [-0.39, 0.29) is 10.7 Å². The van der Waals surface area contributed by atoms with Crippen LogP contribution in [0.2, 0.25) is 0 Å². The number of aromatic nitrogens is 1. The highest BCUT2D eigenvalue weighted by Gasteiger charge is 2.17. The minimum atomic E-state index is -1.09. The predicted octanol–water partition coefficient (Wildman–Crippen LogP) is 3.22. The Bertz CT molecular complexity index is 542. The molecule has 0 saturated carbocycles. The number of carboxylic acid groups (broad SMARTS) is 1. The number of rotatable bonds is 2. The molecule has 0 aliphatic rings. The molecule has 0 bridgehead atoms. The number of anilines is 1. The highest BCUT2D eigenvalue weighted by molar-refractivity contribution is 9.11. The third-order valence-electron chi connectivity index (χ3n) is 1.92. The van der Waals surface area contributed by atoms with Crippen LogP contribution in [0, 0.1) is 6.92 Å². The van der Waals surface area contributed by atoms with Gasteiger partial charge in [-0.25, -0.2) is 9.78 Å². The summed E-state index contributed by atoms with van der Waals surface area (Å²) in [5, 5.41) is 9.73. The molecule has 0 amide bonds. The van der Waals surface area contributed by atoms with Gasteiger partial charge >= 0.3 is 5.97 Å². The van der Waals surface area contributed by atoms with Gasteiger partial charge in [0, 0.05) is 0 Å². The third kappa shape index (κ3) is 1.98. The Balaban J connectivity index is 2.49. The molecule has 7 heteroatoms. The lowest BCUT2D eigenvalue weighted by Crippen LogP contribution is -2.00. The number of aryl methyl sites for hydroxylation is 1. The van der Waals surface area contributed by atoms with Crippen LogP contribution in [0.15, 0.2) is 9.85 Å². The molecule has 0 aliphatic carbocycles. The van der Waals surface area contributed by atoms with Gasteiger partial charge < -0.3 is 10.8 Å². The molecule has 16 heavy (non-hydrogen) atoms. The van der Waals surface area contributed by atoms with Gasteiger partial charge in [-0.05, 0) is 34.5 Å². The van der Waals surface area contributed by atoms with Crippen molar-refractivity contribution in [3.05, 3.63) is 21.1 Å². The molecule has 2 heterocycles. The Labute approximate surface area is 108 Å². The number of halogens is 1. The van der Waals surface area contributed by atoms with Gasteiger partial charge in [0.05, 0.1) is 8.66 Å². The average molecular weight is 319 g/mol. The summed E-state index contributed by atoms with van der Waals surface area (Å²) >= 11 is 6.13. The summed E-state index contributed by atoms with van der Waals surface area (Å²) in [5.41, 5.74) is 6.63. The number of carbonyl (C=O) groups is 1. The molecular weight excluding hydrogens is 312 g/mol. The number of hydrogen-bond acceptors (Lipinski definition) is 5. The maximum Gasteiger partial charge on any atom is 0.357 e. The number of nitrogens with two attached hydrogens (primary N) is 1. The molecule has 0 aromatic carbocycles. The van der Waals surface area contributed by atoms with Crippen molar-refractivity contribution in [2.24, 2.45) is 0 Å². The van der Waals surface area contributed by atoms with Crippen LogP contribution in [0.4, 0.5) is 5.00 Å². The van der Waals surface area contributed by atoms with E-state index >= 15 is 0 Å². The zero-order chi connectivity index (χ0) is 11.9. The molecule has 0 saturated heterocycles. The fourth-order valence-corrected chi connectivity index (χ4v) is 3.56. The first-order valence-electron chi connectivity index (χ1n) is 4.25. The molecule has 2 aromatic heterocycles. The van der Waals surface area contributed by atoms with E-state index in [0.717, 1.165) is 14.2 Å². The van der Waals surface area contributed by atoms with Gasteiger partial charge in [-0.1, -0.05) is 11.3 Å². The third-order valence-corrected chi connectivity index (χ3v) is 5.11. The molecule has 0 radical (unpaired) electrons. The second-order valence-corrected chi connectivity index (χ2v) is 6.51. The van der Waals surface area contributed by atoms with E-state index in [1.165, 1.54) is 22.7 Å². The smallest absolute Gasteiger partial charge is 0.357 e. The summed E-state index contributed by atoms with van der Waals surface area (Å²) in [6.45, 7) is 1.97. The SMILES string of the molecule is Cc1cc(-c2nc(C(=O)O)c(N)s2)sc1Br. The number of thiophene rings is 1. The number of aromatic carboxylic acids is 1. The zero-order valence-electron chi connectivity index (χ0n) is 8.15. The monoisotopic (exact) mass is 318 g/mol. The van der Waals surface area contributed by atoms with Crippen molar-refractivity contribution >= 4 is 49.6 Å². The fraction of sp³-hybridized carbons (Fsp3) is 0.111. The van der Waals surface area contributed by atoms with E-state index in [4.69, 9.17) is 10.8 Å². The lowest BCUT2D eigenvalue weighted by atomic mass is 10.3. The van der Waals surface area contributed by atoms with Gasteiger partial charge in [-0.15, -0.1) is 11.3 Å². The van der Waals surface area contributed by atoms with Crippen molar-refractivity contribution < 1.29 is 9.90 Å². The number of hydrogen-bond donors (Lipinski definition) is 2. The van der Waals surface area contributed by atoms with E-state index in [1.54, 1.807) is 0 Å². The van der Waals surface area contributed by atoms with Crippen molar-refractivity contribution in [2.75, 3.05) is 5.73 Å². The Hall–Kier alpha value is -0.920. The van der Waals surface area contributed by atoms with Crippen LogP contribution in [0.5, 0.6) is 0 Å². The second kappa shape index (κ2) is 4.15. The minimum Gasteiger partial charge on any atom is -0.476 e. The summed E-state index contributed by atoms with van der Waals surface area (Å²) in [4.78, 5) is 15.7. The second-order valence-electron chi connectivity index (χ2n) is 3.10. The van der Waals surface area contributed by atoms with Crippen molar-refractivity contribution in [2.45, 2.75) is 6.92 Å². The molecule has 2 aromatic rings. The fourth-order valence-electron chi connectivity index (χ4n) is 1.16. The van der Waals surface area contributed by atoms with Gasteiger partial charge in [-0.2, -0.15) is 0 Å². The largest absolute Gasteiger partial charge is 0.476 e. The van der Waals surface area contributed by atoms with Crippen molar-refractivity contribution in [3.63, 3.8) is 0 Å². The molecule has 2 rings (SSSR count). The predicted molar refractivity (Wildman–Crippen MR) is 69.2 cm³/mol. The summed E-state index contributed by atoms with van der Waals surface area (Å²) in [6.07, 6.45) is 0. The highest BCUT2D eigenvalue weighted by Crippen LogP contribution is 2.38. The molecule has 0 fully saturated rings. The van der Waals surface area contributed by atoms with Crippen LogP contribution in [0.3, 0.4) is 0 Å². The van der Waals surface area contributed by atoms with Gasteiger partial charge in [0.25, 0.3) is 0 Å². The van der Waals surface area contributed by atoms with Crippen LogP contribution in [-0.4, -0.2) is 16.1 Å². The van der Waals surface area contributed by atoms with Crippen molar-refractivity contribution in [1.82, 2.24) is 4.98 Å². The molecule has 0 aliphatic heterocycles. The highest BCUT2D eigenvalue weighted by atomic mass is 79.9. The Morgan fingerprint density at radius 2 is 2.25 bits per heavy atom. The topological polar surface area (TPSA) is 76.2 Å². The number of nitrogens with zero attached hydrogens (tertiary/aromatic N) is 1.